The van der Waals surface area contributed by atoms with Gasteiger partial charge in [-0.2, -0.15) is 0 Å². The minimum atomic E-state index is 0. The molecule has 1 aromatic carbocycles. The first-order valence-corrected chi connectivity index (χ1v) is 6.34. The van der Waals surface area contributed by atoms with E-state index in [0.29, 0.717) is 0 Å². The molecule has 2 heterocycles. The fraction of sp³-hybridized carbons (Fsp3) is 0.467. The van der Waals surface area contributed by atoms with Crippen molar-refractivity contribution in [1.82, 2.24) is 4.90 Å². The number of anilines is 1. The number of likely N-dealkylation sites (N-methyl/N-ethyl adjacent to an activating group) is 1. The fourth-order valence-corrected chi connectivity index (χ4v) is 2.59. The van der Waals surface area contributed by atoms with Gasteiger partial charge in [0.05, 0.1) is 0 Å². The third kappa shape index (κ3) is 3.71. The maximum atomic E-state index is 5.68. The maximum Gasteiger partial charge on any atom is 0.117 e. The van der Waals surface area contributed by atoms with Gasteiger partial charge in [-0.3, -0.25) is 6.42 Å². The minimum Gasteiger partial charge on any atom is -0.525 e. The second-order valence-corrected chi connectivity index (χ2v) is 4.85. The van der Waals surface area contributed by atoms with Gasteiger partial charge in [0.15, 0.2) is 0 Å². The molecule has 2 aliphatic rings. The van der Waals surface area contributed by atoms with Crippen LogP contribution in [-0.4, -0.2) is 44.7 Å². The zero-order valence-corrected chi connectivity index (χ0v) is 14.8. The summed E-state index contributed by atoms with van der Waals surface area (Å²) in [6.07, 6.45) is 3.25. The van der Waals surface area contributed by atoms with Crippen molar-refractivity contribution in [2.24, 2.45) is 0 Å². The molecule has 0 aliphatic carbocycles. The molecule has 3 rings (SSSR count). The van der Waals surface area contributed by atoms with Gasteiger partial charge in [0.1, 0.15) is 5.75 Å². The molecule has 0 aromatic heterocycles. The fourth-order valence-electron chi connectivity index (χ4n) is 2.59. The van der Waals surface area contributed by atoms with Crippen molar-refractivity contribution in [2.45, 2.75) is 6.42 Å². The summed E-state index contributed by atoms with van der Waals surface area (Å²) in [5, 5.41) is 0. The average molecular weight is 335 g/mol. The molecule has 4 heteroatoms. The molecule has 0 bridgehead atoms. The van der Waals surface area contributed by atoms with Gasteiger partial charge in [-0.15, -0.1) is 6.42 Å². The van der Waals surface area contributed by atoms with E-state index >= 15 is 0 Å². The Balaban J connectivity index is 0.000000902. The van der Waals surface area contributed by atoms with E-state index in [1.54, 1.807) is 0 Å². The zero-order valence-electron chi connectivity index (χ0n) is 11.9. The van der Waals surface area contributed by atoms with Crippen LogP contribution in [0.1, 0.15) is 5.56 Å². The van der Waals surface area contributed by atoms with Crippen LogP contribution in [0, 0.1) is 13.8 Å². The second-order valence-electron chi connectivity index (χ2n) is 4.85. The van der Waals surface area contributed by atoms with Crippen LogP contribution >= 0.6 is 0 Å². The minimum absolute atomic E-state index is 0. The summed E-state index contributed by atoms with van der Waals surface area (Å²) >= 11 is 0. The average Bonchev–Trinajstić information content (AvgIpc) is 2.39. The Bertz CT molecular complexity index is 403. The van der Waals surface area contributed by atoms with Crippen LogP contribution in [0.25, 0.3) is 0 Å². The Hall–Kier alpha value is -0.116. The predicted octanol–water partition coefficient (Wildman–Crippen LogP) is 2.03. The summed E-state index contributed by atoms with van der Waals surface area (Å²) in [6, 6.07) is 6.42. The smallest absolute Gasteiger partial charge is 0.117 e. The maximum absolute atomic E-state index is 5.68. The van der Waals surface area contributed by atoms with Crippen molar-refractivity contribution >= 4 is 5.69 Å². The number of piperazine rings is 1. The summed E-state index contributed by atoms with van der Waals surface area (Å²) in [5.41, 5.74) is 2.73. The van der Waals surface area contributed by atoms with E-state index in [9.17, 15) is 0 Å². The molecule has 19 heavy (non-hydrogen) atoms. The largest absolute Gasteiger partial charge is 0.525 e. The Kier molecular flexibility index (Phi) is 6.78. The molecule has 2 aliphatic heterocycles. The van der Waals surface area contributed by atoms with E-state index < -0.39 is 0 Å². The third-order valence-electron chi connectivity index (χ3n) is 3.66. The summed E-state index contributed by atoms with van der Waals surface area (Å²) in [4.78, 5) is 4.87. The van der Waals surface area contributed by atoms with Gasteiger partial charge in [0, 0.05) is 64.6 Å². The van der Waals surface area contributed by atoms with Gasteiger partial charge in [-0.05, 0) is 31.4 Å². The summed E-state index contributed by atoms with van der Waals surface area (Å²) in [6.45, 7) is 5.28. The molecule has 0 unspecified atom stereocenters. The van der Waals surface area contributed by atoms with Crippen molar-refractivity contribution in [2.75, 3.05) is 44.7 Å². The van der Waals surface area contributed by atoms with Gasteiger partial charge >= 0.3 is 0 Å². The molecule has 103 valence electrons. The van der Waals surface area contributed by atoms with Gasteiger partial charge < -0.3 is 22.0 Å². The van der Waals surface area contributed by atoms with Crippen LogP contribution in [0.2, 0.25) is 0 Å². The van der Waals surface area contributed by atoms with E-state index in [0.717, 1.165) is 45.0 Å². The Morgan fingerprint density at radius 2 is 1.89 bits per heavy atom. The van der Waals surface area contributed by atoms with E-state index in [-0.39, 0.29) is 40.1 Å². The number of hydrogen-bond acceptors (Lipinski definition) is 3. The van der Waals surface area contributed by atoms with Crippen molar-refractivity contribution in [1.29, 1.82) is 0 Å². The summed E-state index contributed by atoms with van der Waals surface area (Å²) in [5.74, 6) is 1.07. The topological polar surface area (TPSA) is 15.7 Å². The van der Waals surface area contributed by atoms with Crippen LogP contribution in [0.3, 0.4) is 0 Å². The van der Waals surface area contributed by atoms with Gasteiger partial charge in [-0.25, -0.2) is 0 Å². The molecule has 0 spiro atoms. The van der Waals surface area contributed by atoms with Crippen molar-refractivity contribution in [3.8, 4) is 5.75 Å². The summed E-state index contributed by atoms with van der Waals surface area (Å²) in [7, 11) is 2.19. The van der Waals surface area contributed by atoms with E-state index in [1.807, 2.05) is 0 Å². The van der Waals surface area contributed by atoms with Crippen LogP contribution in [0.4, 0.5) is 5.69 Å². The number of fused-ring (bicyclic) bond motifs is 1. The molecule has 0 N–H and O–H groups in total. The second kappa shape index (κ2) is 7.61. The standard InChI is InChI=1S/C14H19N2O.CH3.Y/c1-15-7-9-16(10-8-15)13-5-2-6-14-12(13)4-3-11-17-14;;/h2-3,5-6H,4,7-11H2,1H3;1H3;/q2*-1;. The first-order valence-electron chi connectivity index (χ1n) is 6.34. The normalized spacial score (nSPS) is 18.7. The molecule has 0 atom stereocenters. The molecular formula is C15H22N2OY-2. The van der Waals surface area contributed by atoms with E-state index in [4.69, 9.17) is 4.74 Å². The number of nitrogens with zero attached hydrogens (tertiary/aromatic N) is 2. The third-order valence-corrected chi connectivity index (χ3v) is 3.66. The van der Waals surface area contributed by atoms with Crippen LogP contribution in [-0.2, 0) is 39.1 Å². The molecule has 3 nitrogen and oxygen atoms in total. The quantitative estimate of drug-likeness (QED) is 0.731. The van der Waals surface area contributed by atoms with E-state index in [2.05, 4.69) is 41.5 Å². The Labute approximate surface area is 142 Å². The van der Waals surface area contributed by atoms with Crippen molar-refractivity contribution in [3.05, 3.63) is 37.6 Å². The van der Waals surface area contributed by atoms with Gasteiger partial charge in [-0.1, -0.05) is 6.07 Å². The number of rotatable bonds is 1. The van der Waals surface area contributed by atoms with Crippen LogP contribution < -0.4 is 9.64 Å². The SMILES string of the molecule is CN1CCN(c2cccc3c2C[CH-]CO3)CC1.[CH3-].[Y]. The van der Waals surface area contributed by atoms with Gasteiger partial charge in [0.2, 0.25) is 0 Å². The van der Waals surface area contributed by atoms with Crippen molar-refractivity contribution in [3.63, 3.8) is 0 Å². The molecule has 1 aromatic rings. The summed E-state index contributed by atoms with van der Waals surface area (Å²) < 4.78 is 5.68. The van der Waals surface area contributed by atoms with Crippen LogP contribution in [0.5, 0.6) is 5.75 Å². The van der Waals surface area contributed by atoms with Crippen LogP contribution in [0.15, 0.2) is 18.2 Å². The number of ether oxygens (including phenoxy) is 1. The predicted molar refractivity (Wildman–Crippen MR) is 76.1 cm³/mol. The Morgan fingerprint density at radius 1 is 1.16 bits per heavy atom. The van der Waals surface area contributed by atoms with Gasteiger partial charge in [0.25, 0.3) is 0 Å². The first-order chi connectivity index (χ1) is 8.34. The van der Waals surface area contributed by atoms with Crippen molar-refractivity contribution < 1.29 is 37.4 Å². The monoisotopic (exact) mass is 335 g/mol. The van der Waals surface area contributed by atoms with E-state index in [1.165, 1.54) is 11.3 Å². The number of benzene rings is 1. The molecule has 0 saturated carbocycles. The first kappa shape index (κ1) is 16.9. The molecular weight excluding hydrogens is 313 g/mol. The molecule has 0 amide bonds. The molecule has 1 fully saturated rings. The molecule has 1 saturated heterocycles. The molecule has 1 radical (unpaired) electrons. The zero-order chi connectivity index (χ0) is 11.7. The number of hydrogen-bond donors (Lipinski definition) is 0. The Morgan fingerprint density at radius 3 is 2.63 bits per heavy atom.